The molecule has 2 N–H and O–H groups in total. The van der Waals surface area contributed by atoms with Crippen LogP contribution in [0.3, 0.4) is 0 Å². The lowest BCUT2D eigenvalue weighted by atomic mass is 9.95. The van der Waals surface area contributed by atoms with Crippen LogP contribution in [0.15, 0.2) is 42.7 Å². The Hall–Kier alpha value is -2.60. The molecular weight excluding hydrogens is 308 g/mol. The fraction of sp³-hybridized carbons (Fsp3) is 0.333. The maximum absolute atomic E-state index is 12.4. The van der Waals surface area contributed by atoms with E-state index in [1.807, 2.05) is 12.1 Å². The third-order valence-corrected chi connectivity index (χ3v) is 4.20. The van der Waals surface area contributed by atoms with Crippen molar-refractivity contribution in [3.8, 4) is 11.5 Å². The van der Waals surface area contributed by atoms with E-state index in [0.717, 1.165) is 6.42 Å². The van der Waals surface area contributed by atoms with Crippen molar-refractivity contribution in [3.63, 3.8) is 0 Å². The second kappa shape index (κ2) is 7.31. The summed E-state index contributed by atoms with van der Waals surface area (Å²) in [6.45, 7) is 1.10. The largest absolute Gasteiger partial charge is 0.504 e. The molecule has 0 bridgehead atoms. The number of phenols is 1. The van der Waals surface area contributed by atoms with E-state index in [2.05, 4.69) is 10.3 Å². The number of pyridine rings is 1. The van der Waals surface area contributed by atoms with Gasteiger partial charge in [0.2, 0.25) is 0 Å². The fourth-order valence-corrected chi connectivity index (χ4v) is 2.86. The molecular formula is C18H20N2O4. The smallest absolute Gasteiger partial charge is 0.251 e. The van der Waals surface area contributed by atoms with Crippen LogP contribution in [-0.4, -0.2) is 42.4 Å². The number of phenolic OH excluding ortho intramolecular Hbond substituents is 1. The van der Waals surface area contributed by atoms with Crippen molar-refractivity contribution in [2.75, 3.05) is 20.3 Å². The molecule has 2 unspecified atom stereocenters. The lowest BCUT2D eigenvalue weighted by Crippen LogP contribution is -2.40. The summed E-state index contributed by atoms with van der Waals surface area (Å²) in [6.07, 6.45) is 4.35. The molecule has 1 saturated heterocycles. The molecule has 2 atom stereocenters. The topological polar surface area (TPSA) is 80.7 Å². The van der Waals surface area contributed by atoms with Gasteiger partial charge in [-0.2, -0.15) is 0 Å². The zero-order valence-electron chi connectivity index (χ0n) is 13.4. The minimum Gasteiger partial charge on any atom is -0.504 e. The number of amides is 1. The van der Waals surface area contributed by atoms with Gasteiger partial charge in [0.25, 0.3) is 5.91 Å². The quantitative estimate of drug-likeness (QED) is 0.874. The van der Waals surface area contributed by atoms with E-state index in [0.29, 0.717) is 24.5 Å². The van der Waals surface area contributed by atoms with Gasteiger partial charge >= 0.3 is 0 Å². The molecule has 126 valence electrons. The standard InChI is InChI=1S/C18H20N2O4/c1-23-17-3-2-13(9-16(17)21)18(22)20-15-11-24-10-14(15)8-12-4-6-19-7-5-12/h2-7,9,14-15,21H,8,10-11H2,1H3,(H,20,22). The molecule has 6 nitrogen and oxygen atoms in total. The van der Waals surface area contributed by atoms with Crippen molar-refractivity contribution in [2.45, 2.75) is 12.5 Å². The summed E-state index contributed by atoms with van der Waals surface area (Å²) < 4.78 is 10.5. The van der Waals surface area contributed by atoms with Gasteiger partial charge in [0.05, 0.1) is 26.4 Å². The molecule has 1 aliphatic heterocycles. The van der Waals surface area contributed by atoms with Gasteiger partial charge in [-0.15, -0.1) is 0 Å². The van der Waals surface area contributed by atoms with Crippen LogP contribution in [0.2, 0.25) is 0 Å². The van der Waals surface area contributed by atoms with Crippen LogP contribution in [0.4, 0.5) is 0 Å². The maximum atomic E-state index is 12.4. The highest BCUT2D eigenvalue weighted by atomic mass is 16.5. The monoisotopic (exact) mass is 328 g/mol. The molecule has 6 heteroatoms. The van der Waals surface area contributed by atoms with Crippen LogP contribution >= 0.6 is 0 Å². The highest BCUT2D eigenvalue weighted by Crippen LogP contribution is 2.26. The molecule has 0 aliphatic carbocycles. The minimum absolute atomic E-state index is 0.0545. The number of benzene rings is 1. The Labute approximate surface area is 140 Å². The predicted molar refractivity (Wildman–Crippen MR) is 88.2 cm³/mol. The zero-order chi connectivity index (χ0) is 16.9. The number of aromatic nitrogens is 1. The molecule has 24 heavy (non-hydrogen) atoms. The maximum Gasteiger partial charge on any atom is 0.251 e. The van der Waals surface area contributed by atoms with E-state index in [1.54, 1.807) is 24.5 Å². The SMILES string of the molecule is COc1ccc(C(=O)NC2COCC2Cc2ccncc2)cc1O. The van der Waals surface area contributed by atoms with Crippen LogP contribution in [0.25, 0.3) is 0 Å². The molecule has 1 aromatic carbocycles. The fourth-order valence-electron chi connectivity index (χ4n) is 2.86. The summed E-state index contributed by atoms with van der Waals surface area (Å²) in [6, 6.07) is 8.49. The number of nitrogens with zero attached hydrogens (tertiary/aromatic N) is 1. The normalized spacial score (nSPS) is 19.9. The zero-order valence-corrected chi connectivity index (χ0v) is 13.4. The summed E-state index contributed by atoms with van der Waals surface area (Å²) in [4.78, 5) is 16.4. The highest BCUT2D eigenvalue weighted by Gasteiger charge is 2.30. The summed E-state index contributed by atoms with van der Waals surface area (Å²) in [5.41, 5.74) is 1.56. The summed E-state index contributed by atoms with van der Waals surface area (Å²) in [5.74, 6) is 0.263. The van der Waals surface area contributed by atoms with Gasteiger partial charge in [0.1, 0.15) is 0 Å². The van der Waals surface area contributed by atoms with Crippen LogP contribution < -0.4 is 10.1 Å². The van der Waals surface area contributed by atoms with Crippen molar-refractivity contribution in [1.82, 2.24) is 10.3 Å². The predicted octanol–water partition coefficient (Wildman–Crippen LogP) is 1.78. The Balaban J connectivity index is 1.65. The van der Waals surface area contributed by atoms with Crippen molar-refractivity contribution in [2.24, 2.45) is 5.92 Å². The number of rotatable bonds is 5. The Morgan fingerprint density at radius 3 is 2.83 bits per heavy atom. The lowest BCUT2D eigenvalue weighted by molar-refractivity contribution is 0.0924. The van der Waals surface area contributed by atoms with Crippen LogP contribution in [-0.2, 0) is 11.2 Å². The molecule has 1 aliphatic rings. The number of carbonyl (C=O) groups is 1. The average molecular weight is 328 g/mol. The van der Waals surface area contributed by atoms with Crippen LogP contribution in [0.1, 0.15) is 15.9 Å². The van der Waals surface area contributed by atoms with E-state index in [-0.39, 0.29) is 23.6 Å². The van der Waals surface area contributed by atoms with Crippen molar-refractivity contribution >= 4 is 5.91 Å². The summed E-state index contributed by atoms with van der Waals surface area (Å²) in [7, 11) is 1.47. The molecule has 0 saturated carbocycles. The highest BCUT2D eigenvalue weighted by molar-refractivity contribution is 5.95. The molecule has 2 aromatic rings. The lowest BCUT2D eigenvalue weighted by Gasteiger charge is -2.19. The van der Waals surface area contributed by atoms with E-state index in [1.165, 1.54) is 18.7 Å². The molecule has 1 fully saturated rings. The Kier molecular flexibility index (Phi) is 4.96. The number of ether oxygens (including phenoxy) is 2. The Bertz CT molecular complexity index is 705. The minimum atomic E-state index is -0.233. The van der Waals surface area contributed by atoms with E-state index >= 15 is 0 Å². The van der Waals surface area contributed by atoms with E-state index < -0.39 is 0 Å². The van der Waals surface area contributed by atoms with Gasteiger partial charge in [-0.3, -0.25) is 9.78 Å². The molecule has 2 heterocycles. The molecule has 3 rings (SSSR count). The number of nitrogens with one attached hydrogen (secondary N) is 1. The van der Waals surface area contributed by atoms with Gasteiger partial charge in [-0.05, 0) is 42.3 Å². The number of hydrogen-bond donors (Lipinski definition) is 2. The van der Waals surface area contributed by atoms with Crippen LogP contribution in [0.5, 0.6) is 11.5 Å². The van der Waals surface area contributed by atoms with Gasteiger partial charge < -0.3 is 19.9 Å². The first-order chi connectivity index (χ1) is 11.7. The molecule has 1 aromatic heterocycles. The van der Waals surface area contributed by atoms with Gasteiger partial charge in [-0.1, -0.05) is 0 Å². The van der Waals surface area contributed by atoms with Crippen molar-refractivity contribution in [3.05, 3.63) is 53.9 Å². The third kappa shape index (κ3) is 3.65. The molecule has 1 amide bonds. The average Bonchev–Trinajstić information content (AvgIpc) is 3.02. The first kappa shape index (κ1) is 16.3. The van der Waals surface area contributed by atoms with E-state index in [4.69, 9.17) is 9.47 Å². The second-order valence-corrected chi connectivity index (χ2v) is 5.82. The van der Waals surface area contributed by atoms with Gasteiger partial charge in [0, 0.05) is 23.9 Å². The Morgan fingerprint density at radius 2 is 2.12 bits per heavy atom. The van der Waals surface area contributed by atoms with Crippen molar-refractivity contribution < 1.29 is 19.4 Å². The second-order valence-electron chi connectivity index (χ2n) is 5.82. The molecule has 0 spiro atoms. The summed E-state index contributed by atoms with van der Waals surface area (Å²) in [5, 5.41) is 12.8. The molecule has 0 radical (unpaired) electrons. The first-order valence-corrected chi connectivity index (χ1v) is 7.82. The number of hydrogen-bond acceptors (Lipinski definition) is 5. The third-order valence-electron chi connectivity index (χ3n) is 4.20. The van der Waals surface area contributed by atoms with E-state index in [9.17, 15) is 9.90 Å². The first-order valence-electron chi connectivity index (χ1n) is 7.82. The van der Waals surface area contributed by atoms with Gasteiger partial charge in [0.15, 0.2) is 11.5 Å². The van der Waals surface area contributed by atoms with Crippen LogP contribution in [0, 0.1) is 5.92 Å². The number of aromatic hydroxyl groups is 1. The number of carbonyl (C=O) groups excluding carboxylic acids is 1. The van der Waals surface area contributed by atoms with Crippen molar-refractivity contribution in [1.29, 1.82) is 0 Å². The van der Waals surface area contributed by atoms with Gasteiger partial charge in [-0.25, -0.2) is 0 Å². The number of methoxy groups -OCH3 is 1. The Morgan fingerprint density at radius 1 is 1.33 bits per heavy atom. The summed E-state index contributed by atoms with van der Waals surface area (Å²) >= 11 is 0.